The van der Waals surface area contributed by atoms with Gasteiger partial charge in [-0.05, 0) is 26.0 Å². The first-order chi connectivity index (χ1) is 8.98. The summed E-state index contributed by atoms with van der Waals surface area (Å²) < 4.78 is 11.9. The Morgan fingerprint density at radius 1 is 0.895 bits per heavy atom. The van der Waals surface area contributed by atoms with Gasteiger partial charge in [0.15, 0.2) is 17.4 Å². The van der Waals surface area contributed by atoms with Crippen molar-refractivity contribution >= 4 is 11.6 Å². The van der Waals surface area contributed by atoms with Crippen LogP contribution in [0.5, 0.6) is 0 Å². The quantitative estimate of drug-likeness (QED) is 0.615. The van der Waals surface area contributed by atoms with Gasteiger partial charge in [-0.15, -0.1) is 0 Å². The lowest BCUT2D eigenvalue weighted by Gasteiger charge is -2.48. The maximum Gasteiger partial charge on any atom is 0.163 e. The molecule has 0 aromatic carbocycles. The van der Waals surface area contributed by atoms with E-state index < -0.39 is 5.79 Å². The maximum absolute atomic E-state index is 12.1. The number of rotatable bonds is 0. The van der Waals surface area contributed by atoms with Crippen molar-refractivity contribution in [2.45, 2.75) is 31.8 Å². The molecule has 100 valence electrons. The van der Waals surface area contributed by atoms with E-state index in [4.69, 9.17) is 9.47 Å². The van der Waals surface area contributed by atoms with Crippen molar-refractivity contribution < 1.29 is 19.1 Å². The molecule has 6 atom stereocenters. The van der Waals surface area contributed by atoms with Crippen LogP contribution in [-0.2, 0) is 19.1 Å². The van der Waals surface area contributed by atoms with Gasteiger partial charge in [0.2, 0.25) is 0 Å². The van der Waals surface area contributed by atoms with Crippen LogP contribution >= 0.6 is 0 Å². The third kappa shape index (κ3) is 1.41. The lowest BCUT2D eigenvalue weighted by molar-refractivity contribution is -0.149. The fraction of sp³-hybridized carbons (Fsp3) is 0.600. The fourth-order valence-corrected chi connectivity index (χ4v) is 4.13. The maximum atomic E-state index is 12.1. The first kappa shape index (κ1) is 11.6. The number of carbonyl (C=O) groups excluding carboxylic acids is 2. The zero-order chi connectivity index (χ0) is 13.4. The molecule has 4 aliphatic carbocycles. The van der Waals surface area contributed by atoms with E-state index in [-0.39, 0.29) is 47.4 Å². The van der Waals surface area contributed by atoms with Crippen LogP contribution in [0.3, 0.4) is 0 Å². The van der Waals surface area contributed by atoms with Gasteiger partial charge < -0.3 is 9.47 Å². The Morgan fingerprint density at radius 2 is 1.32 bits per heavy atom. The van der Waals surface area contributed by atoms with Crippen molar-refractivity contribution in [3.05, 3.63) is 24.3 Å². The molecule has 0 aromatic heterocycles. The second-order valence-corrected chi connectivity index (χ2v) is 6.29. The minimum Gasteiger partial charge on any atom is -0.344 e. The number of ether oxygens (including phenoxy) is 2. The number of hydrogen-bond acceptors (Lipinski definition) is 4. The zero-order valence-corrected chi connectivity index (χ0v) is 10.9. The van der Waals surface area contributed by atoms with Crippen LogP contribution < -0.4 is 0 Å². The first-order valence-corrected chi connectivity index (χ1v) is 6.78. The van der Waals surface area contributed by atoms with E-state index in [9.17, 15) is 9.59 Å². The Hall–Kier alpha value is -1.26. The van der Waals surface area contributed by atoms with Gasteiger partial charge in [-0.25, -0.2) is 0 Å². The summed E-state index contributed by atoms with van der Waals surface area (Å²) in [5.74, 6) is -1.12. The van der Waals surface area contributed by atoms with E-state index in [1.165, 1.54) is 12.2 Å². The molecule has 1 heterocycles. The van der Waals surface area contributed by atoms with E-state index in [2.05, 4.69) is 0 Å². The Balaban J connectivity index is 1.80. The fourth-order valence-electron chi connectivity index (χ4n) is 4.13. The molecule has 5 aliphatic rings. The van der Waals surface area contributed by atoms with Crippen LogP contribution in [-0.4, -0.2) is 29.6 Å². The molecule has 0 amide bonds. The molecule has 5 rings (SSSR count). The van der Waals surface area contributed by atoms with Crippen LogP contribution in [0.2, 0.25) is 0 Å². The van der Waals surface area contributed by atoms with Gasteiger partial charge >= 0.3 is 0 Å². The van der Waals surface area contributed by atoms with Crippen molar-refractivity contribution in [2.24, 2.45) is 23.7 Å². The minimum atomic E-state index is -0.634. The van der Waals surface area contributed by atoms with E-state index in [0.29, 0.717) is 0 Å². The van der Waals surface area contributed by atoms with Crippen molar-refractivity contribution in [1.82, 2.24) is 0 Å². The van der Waals surface area contributed by atoms with Gasteiger partial charge in [-0.1, -0.05) is 12.2 Å². The normalized spacial score (nSPS) is 49.4. The van der Waals surface area contributed by atoms with Crippen molar-refractivity contribution in [3.8, 4) is 0 Å². The van der Waals surface area contributed by atoms with Crippen LogP contribution in [0.4, 0.5) is 0 Å². The number of carbonyl (C=O) groups is 2. The third-order valence-electron chi connectivity index (χ3n) is 4.76. The Bertz CT molecular complexity index is 486. The highest BCUT2D eigenvalue weighted by Gasteiger charge is 2.61. The molecule has 0 radical (unpaired) electrons. The number of allylic oxidation sites excluding steroid dienone is 2. The third-order valence-corrected chi connectivity index (χ3v) is 4.76. The molecule has 1 saturated heterocycles. The van der Waals surface area contributed by atoms with E-state index in [1.54, 1.807) is 0 Å². The second kappa shape index (κ2) is 3.44. The largest absolute Gasteiger partial charge is 0.344 e. The molecule has 19 heavy (non-hydrogen) atoms. The Morgan fingerprint density at radius 3 is 1.74 bits per heavy atom. The summed E-state index contributed by atoms with van der Waals surface area (Å²) in [5, 5.41) is 0. The molecule has 1 saturated carbocycles. The molecule has 0 spiro atoms. The second-order valence-electron chi connectivity index (χ2n) is 6.29. The smallest absolute Gasteiger partial charge is 0.163 e. The van der Waals surface area contributed by atoms with Crippen LogP contribution in [0, 0.1) is 23.7 Å². The first-order valence-electron chi connectivity index (χ1n) is 6.78. The Labute approximate surface area is 111 Å². The van der Waals surface area contributed by atoms with Gasteiger partial charge in [-0.3, -0.25) is 9.59 Å². The van der Waals surface area contributed by atoms with Crippen molar-refractivity contribution in [1.29, 1.82) is 0 Å². The summed E-state index contributed by atoms with van der Waals surface area (Å²) >= 11 is 0. The standard InChI is InChI=1S/C15H16O4/c1-15(2)18-13-7-3-4-8(14(13)19-15)12-10(17)6-5-9(16)11(7)12/h3-8,11-14H,1-2H3/t7-,8+,11-,12+,13+,14-. The predicted octanol–water partition coefficient (Wildman–Crippen LogP) is 1.26. The number of ketones is 2. The zero-order valence-electron chi connectivity index (χ0n) is 10.9. The van der Waals surface area contributed by atoms with Gasteiger partial charge in [0.1, 0.15) is 0 Å². The molecule has 0 aromatic rings. The summed E-state index contributed by atoms with van der Waals surface area (Å²) in [5.41, 5.74) is 0. The van der Waals surface area contributed by atoms with Crippen LogP contribution in [0.15, 0.2) is 24.3 Å². The van der Waals surface area contributed by atoms with Crippen molar-refractivity contribution in [3.63, 3.8) is 0 Å². The molecule has 4 nitrogen and oxygen atoms in total. The molecule has 0 unspecified atom stereocenters. The van der Waals surface area contributed by atoms with Gasteiger partial charge in [0.25, 0.3) is 0 Å². The summed E-state index contributed by atoms with van der Waals surface area (Å²) in [4.78, 5) is 24.3. The summed E-state index contributed by atoms with van der Waals surface area (Å²) in [7, 11) is 0. The molecular weight excluding hydrogens is 244 g/mol. The Kier molecular flexibility index (Phi) is 2.09. The highest BCUT2D eigenvalue weighted by Crippen LogP contribution is 2.53. The monoisotopic (exact) mass is 260 g/mol. The van der Waals surface area contributed by atoms with Crippen LogP contribution in [0.1, 0.15) is 13.8 Å². The average molecular weight is 260 g/mol. The summed E-state index contributed by atoms with van der Waals surface area (Å²) in [6.45, 7) is 3.77. The molecule has 1 aliphatic heterocycles. The molecule has 2 bridgehead atoms. The van der Waals surface area contributed by atoms with Gasteiger partial charge in [0, 0.05) is 23.7 Å². The van der Waals surface area contributed by atoms with E-state index in [0.717, 1.165) is 0 Å². The lowest BCUT2D eigenvalue weighted by Crippen LogP contribution is -2.57. The molecule has 4 heteroatoms. The number of hydrogen-bond donors (Lipinski definition) is 0. The highest BCUT2D eigenvalue weighted by atomic mass is 16.8. The van der Waals surface area contributed by atoms with Crippen LogP contribution in [0.25, 0.3) is 0 Å². The van der Waals surface area contributed by atoms with Crippen molar-refractivity contribution in [2.75, 3.05) is 0 Å². The predicted molar refractivity (Wildman–Crippen MR) is 66.1 cm³/mol. The topological polar surface area (TPSA) is 52.6 Å². The SMILES string of the molecule is CC1(C)O[C@@H]2[C@H]3C=C[C@@H]([C@@H]2O1)[C@@H]1C(=O)C=CC(=O)[C@H]31. The molecular formula is C15H16O4. The van der Waals surface area contributed by atoms with Gasteiger partial charge in [-0.2, -0.15) is 0 Å². The molecule has 2 fully saturated rings. The molecule has 0 N–H and O–H groups in total. The van der Waals surface area contributed by atoms with Gasteiger partial charge in [0.05, 0.1) is 12.2 Å². The lowest BCUT2D eigenvalue weighted by atomic mass is 9.56. The minimum absolute atomic E-state index is 0.0387. The van der Waals surface area contributed by atoms with E-state index in [1.807, 2.05) is 26.0 Å². The van der Waals surface area contributed by atoms with E-state index >= 15 is 0 Å². The average Bonchev–Trinajstić information content (AvgIpc) is 2.70. The summed E-state index contributed by atoms with van der Waals surface area (Å²) in [6, 6.07) is 0. The summed E-state index contributed by atoms with van der Waals surface area (Å²) in [6.07, 6.45) is 6.73. The highest BCUT2D eigenvalue weighted by molar-refractivity contribution is 6.08.